The van der Waals surface area contributed by atoms with Gasteiger partial charge in [-0.2, -0.15) is 0 Å². The number of carbonyl (C=O) groups excluding carboxylic acids is 2. The van der Waals surface area contributed by atoms with Gasteiger partial charge in [-0.25, -0.2) is 4.57 Å². The summed E-state index contributed by atoms with van der Waals surface area (Å²) in [6.07, 6.45) is 43.8. The average molecular weight is 759 g/mol. The molecule has 8 nitrogen and oxygen atoms in total. The molecule has 0 fully saturated rings. The number of rotatable bonds is 41. The molecule has 0 amide bonds. The predicted octanol–water partition coefficient (Wildman–Crippen LogP) is 13.4. The standard InChI is InChI=1S/C43H83O8P/c1-3-5-7-9-11-13-15-16-17-18-19-20-21-22-23-24-25-26-28-30-32-34-36-38-43(45)51-41(40-50-52(46,47)48)39-49-42(44)37-35-33-31-29-27-14-12-10-8-6-4-2/h10,12,41H,3-9,11,13-40H2,1-2H3,(H2,46,47,48)/b12-10+/t41-/m1/s1. The fraction of sp³-hybridized carbons (Fsp3) is 0.907. The summed E-state index contributed by atoms with van der Waals surface area (Å²) in [4.78, 5) is 42.8. The highest BCUT2D eigenvalue weighted by atomic mass is 31.2. The Labute approximate surface area is 320 Å². The maximum atomic E-state index is 12.4. The van der Waals surface area contributed by atoms with E-state index in [2.05, 4.69) is 30.5 Å². The van der Waals surface area contributed by atoms with Crippen LogP contribution in [0.3, 0.4) is 0 Å². The quantitative estimate of drug-likeness (QED) is 0.0274. The number of esters is 2. The minimum absolute atomic E-state index is 0.216. The molecule has 0 aromatic heterocycles. The third-order valence-corrected chi connectivity index (χ3v) is 10.3. The maximum Gasteiger partial charge on any atom is 0.469 e. The fourth-order valence-corrected chi connectivity index (χ4v) is 6.83. The van der Waals surface area contributed by atoms with Crippen molar-refractivity contribution in [3.8, 4) is 0 Å². The first-order chi connectivity index (χ1) is 25.3. The number of allylic oxidation sites excluding steroid dienone is 2. The lowest BCUT2D eigenvalue weighted by Gasteiger charge is -2.18. The number of ether oxygens (including phenoxy) is 2. The van der Waals surface area contributed by atoms with Crippen LogP contribution >= 0.6 is 7.82 Å². The Kier molecular flexibility index (Phi) is 38.6. The molecule has 0 aliphatic heterocycles. The van der Waals surface area contributed by atoms with E-state index in [9.17, 15) is 14.2 Å². The molecular formula is C43H83O8P. The van der Waals surface area contributed by atoms with Crippen molar-refractivity contribution in [3.63, 3.8) is 0 Å². The van der Waals surface area contributed by atoms with Gasteiger partial charge in [0.25, 0.3) is 0 Å². The Bertz CT molecular complexity index is 858. The van der Waals surface area contributed by atoms with Crippen LogP contribution in [0, 0.1) is 0 Å². The van der Waals surface area contributed by atoms with Gasteiger partial charge in [-0.3, -0.25) is 14.1 Å². The molecule has 0 rings (SSSR count). The van der Waals surface area contributed by atoms with Crippen LogP contribution in [0.1, 0.15) is 232 Å². The van der Waals surface area contributed by atoms with Crippen molar-refractivity contribution in [1.82, 2.24) is 0 Å². The summed E-state index contributed by atoms with van der Waals surface area (Å²) < 4.78 is 26.4. The van der Waals surface area contributed by atoms with Crippen LogP contribution in [-0.4, -0.2) is 41.0 Å². The second-order valence-electron chi connectivity index (χ2n) is 15.0. The van der Waals surface area contributed by atoms with E-state index >= 15 is 0 Å². The van der Waals surface area contributed by atoms with Gasteiger partial charge in [0.15, 0.2) is 6.10 Å². The van der Waals surface area contributed by atoms with Gasteiger partial charge in [0.05, 0.1) is 6.61 Å². The smallest absolute Gasteiger partial charge is 0.462 e. The molecule has 308 valence electrons. The topological polar surface area (TPSA) is 119 Å². The van der Waals surface area contributed by atoms with Crippen LogP contribution in [0.4, 0.5) is 0 Å². The zero-order valence-electron chi connectivity index (χ0n) is 34.0. The first kappa shape index (κ1) is 50.8. The number of phosphoric ester groups is 1. The predicted molar refractivity (Wildman–Crippen MR) is 216 cm³/mol. The SMILES string of the molecule is CCCC/C=C/CCCCCCCC(=O)OC[C@H](COP(=O)(O)O)OC(=O)CCCCCCCCCCCCCCCCCCCCCCCCC. The second kappa shape index (κ2) is 39.5. The van der Waals surface area contributed by atoms with Gasteiger partial charge in [-0.1, -0.05) is 199 Å². The summed E-state index contributed by atoms with van der Waals surface area (Å²) in [5.74, 6) is -0.884. The molecule has 0 aliphatic rings. The van der Waals surface area contributed by atoms with Gasteiger partial charge in [0, 0.05) is 12.8 Å². The van der Waals surface area contributed by atoms with Gasteiger partial charge >= 0.3 is 19.8 Å². The Hall–Kier alpha value is -1.21. The van der Waals surface area contributed by atoms with Crippen LogP contribution in [0.15, 0.2) is 12.2 Å². The number of hydrogen-bond donors (Lipinski definition) is 2. The van der Waals surface area contributed by atoms with Crippen LogP contribution in [0.5, 0.6) is 0 Å². The molecule has 0 unspecified atom stereocenters. The van der Waals surface area contributed by atoms with Crippen LogP contribution in [-0.2, 0) is 28.2 Å². The average Bonchev–Trinajstić information content (AvgIpc) is 3.11. The molecule has 0 heterocycles. The van der Waals surface area contributed by atoms with Crippen LogP contribution in [0.25, 0.3) is 0 Å². The summed E-state index contributed by atoms with van der Waals surface area (Å²) >= 11 is 0. The Morgan fingerprint density at radius 2 is 0.827 bits per heavy atom. The number of hydrogen-bond acceptors (Lipinski definition) is 6. The highest BCUT2D eigenvalue weighted by Gasteiger charge is 2.22. The largest absolute Gasteiger partial charge is 0.469 e. The first-order valence-electron chi connectivity index (χ1n) is 22.0. The summed E-state index contributed by atoms with van der Waals surface area (Å²) in [5, 5.41) is 0. The number of unbranched alkanes of at least 4 members (excludes halogenated alkanes) is 29. The van der Waals surface area contributed by atoms with Crippen molar-refractivity contribution >= 4 is 19.8 Å². The van der Waals surface area contributed by atoms with Crippen molar-refractivity contribution < 1.29 is 37.9 Å². The summed E-state index contributed by atoms with van der Waals surface area (Å²) in [6.45, 7) is 3.66. The molecule has 0 aromatic rings. The molecule has 0 aliphatic carbocycles. The van der Waals surface area contributed by atoms with E-state index < -0.39 is 32.5 Å². The Morgan fingerprint density at radius 3 is 1.23 bits per heavy atom. The Balaban J connectivity index is 3.78. The molecule has 2 N–H and O–H groups in total. The van der Waals surface area contributed by atoms with Gasteiger partial charge in [-0.05, 0) is 32.1 Å². The van der Waals surface area contributed by atoms with E-state index in [1.54, 1.807) is 0 Å². The zero-order valence-corrected chi connectivity index (χ0v) is 34.9. The second-order valence-corrected chi connectivity index (χ2v) is 16.3. The van der Waals surface area contributed by atoms with Crippen molar-refractivity contribution in [1.29, 1.82) is 0 Å². The first-order valence-corrected chi connectivity index (χ1v) is 23.5. The summed E-state index contributed by atoms with van der Waals surface area (Å²) in [5.41, 5.74) is 0. The maximum absolute atomic E-state index is 12.4. The third kappa shape index (κ3) is 41.5. The van der Waals surface area contributed by atoms with Gasteiger partial charge in [-0.15, -0.1) is 0 Å². The molecule has 0 bridgehead atoms. The van der Waals surface area contributed by atoms with Crippen LogP contribution < -0.4 is 0 Å². The lowest BCUT2D eigenvalue weighted by Crippen LogP contribution is -2.29. The molecular weight excluding hydrogens is 675 g/mol. The normalized spacial score (nSPS) is 12.5. The lowest BCUT2D eigenvalue weighted by molar-refractivity contribution is -0.161. The van der Waals surface area contributed by atoms with Crippen molar-refractivity contribution in [3.05, 3.63) is 12.2 Å². The van der Waals surface area contributed by atoms with Crippen LogP contribution in [0.2, 0.25) is 0 Å². The molecule has 0 radical (unpaired) electrons. The monoisotopic (exact) mass is 759 g/mol. The molecule has 0 saturated heterocycles. The molecule has 9 heteroatoms. The minimum atomic E-state index is -4.75. The summed E-state index contributed by atoms with van der Waals surface area (Å²) in [6, 6.07) is 0. The third-order valence-electron chi connectivity index (χ3n) is 9.78. The minimum Gasteiger partial charge on any atom is -0.462 e. The van der Waals surface area contributed by atoms with Gasteiger partial charge in [0.2, 0.25) is 0 Å². The van der Waals surface area contributed by atoms with Crippen molar-refractivity contribution in [2.24, 2.45) is 0 Å². The highest BCUT2D eigenvalue weighted by molar-refractivity contribution is 7.46. The molecule has 52 heavy (non-hydrogen) atoms. The van der Waals surface area contributed by atoms with E-state index in [4.69, 9.17) is 19.3 Å². The van der Waals surface area contributed by atoms with E-state index in [1.807, 2.05) is 0 Å². The van der Waals surface area contributed by atoms with Gasteiger partial charge in [0.1, 0.15) is 6.61 Å². The molecule has 0 aromatic carbocycles. The van der Waals surface area contributed by atoms with Crippen molar-refractivity contribution in [2.75, 3.05) is 13.2 Å². The van der Waals surface area contributed by atoms with E-state index in [0.717, 1.165) is 51.4 Å². The van der Waals surface area contributed by atoms with E-state index in [1.165, 1.54) is 141 Å². The highest BCUT2D eigenvalue weighted by Crippen LogP contribution is 2.36. The van der Waals surface area contributed by atoms with E-state index in [-0.39, 0.29) is 19.4 Å². The number of phosphoric acid groups is 1. The number of carbonyl (C=O) groups is 2. The zero-order chi connectivity index (χ0) is 38.2. The fourth-order valence-electron chi connectivity index (χ4n) is 6.47. The molecule has 1 atom stereocenters. The lowest BCUT2D eigenvalue weighted by atomic mass is 10.0. The molecule has 0 spiro atoms. The van der Waals surface area contributed by atoms with Crippen molar-refractivity contribution in [2.45, 2.75) is 238 Å². The Morgan fingerprint density at radius 1 is 0.481 bits per heavy atom. The van der Waals surface area contributed by atoms with E-state index in [0.29, 0.717) is 12.8 Å². The van der Waals surface area contributed by atoms with Gasteiger partial charge < -0.3 is 19.3 Å². The molecule has 0 saturated carbocycles. The summed E-state index contributed by atoms with van der Waals surface area (Å²) in [7, 11) is -4.75.